The first-order chi connectivity index (χ1) is 9.45. The van der Waals surface area contributed by atoms with Crippen LogP contribution in [0.25, 0.3) is 0 Å². The Balaban J connectivity index is 0. The lowest BCUT2D eigenvalue weighted by molar-refractivity contribution is 0.371. The van der Waals surface area contributed by atoms with E-state index >= 15 is 0 Å². The molecule has 0 aliphatic carbocycles. The van der Waals surface area contributed by atoms with Crippen LogP contribution in [0.5, 0.6) is 0 Å². The minimum atomic E-state index is -3.78. The fourth-order valence-electron chi connectivity index (χ4n) is 1.20. The van der Waals surface area contributed by atoms with Crippen LogP contribution in [0.2, 0.25) is 0 Å². The summed E-state index contributed by atoms with van der Waals surface area (Å²) < 4.78 is 10.4. The van der Waals surface area contributed by atoms with E-state index in [1.165, 1.54) is 7.05 Å². The summed E-state index contributed by atoms with van der Waals surface area (Å²) in [7, 11) is -2.28. The zero-order valence-corrected chi connectivity index (χ0v) is 13.9. The lowest BCUT2D eigenvalue weighted by Crippen LogP contribution is -1.94. The predicted octanol–water partition coefficient (Wildman–Crippen LogP) is 3.38. The molecule has 0 amide bonds. The van der Waals surface area contributed by atoms with Crippen LogP contribution in [-0.4, -0.2) is 27.9 Å². The number of thiocarbonyl (C=S) groups is 1. The van der Waals surface area contributed by atoms with Crippen molar-refractivity contribution in [2.75, 3.05) is 13.2 Å². The smallest absolute Gasteiger partial charge is 0.325 e. The molecule has 20 heavy (non-hydrogen) atoms. The Labute approximate surface area is 127 Å². The predicted molar refractivity (Wildman–Crippen MR) is 90.2 cm³/mol. The summed E-state index contributed by atoms with van der Waals surface area (Å²) in [6.45, 7) is 1.99. The number of unbranched alkanes of at least 4 members (excludes halogenated alkanes) is 1. The van der Waals surface area contributed by atoms with Crippen molar-refractivity contribution in [3.63, 3.8) is 0 Å². The van der Waals surface area contributed by atoms with Gasteiger partial charge < -0.3 is 15.5 Å². The van der Waals surface area contributed by atoms with E-state index in [0.29, 0.717) is 6.42 Å². The van der Waals surface area contributed by atoms with Gasteiger partial charge in [0.2, 0.25) is 0 Å². The van der Waals surface area contributed by atoms with Gasteiger partial charge in [-0.2, -0.15) is 0 Å². The Bertz CT molecular complexity index is 341. The van der Waals surface area contributed by atoms with Crippen LogP contribution in [0.3, 0.4) is 0 Å². The van der Waals surface area contributed by atoms with Crippen molar-refractivity contribution in [1.82, 2.24) is 0 Å². The van der Waals surface area contributed by atoms with Gasteiger partial charge in [-0.3, -0.25) is 4.57 Å². The van der Waals surface area contributed by atoms with E-state index in [2.05, 4.69) is 5.73 Å². The van der Waals surface area contributed by atoms with Crippen molar-refractivity contribution in [2.24, 2.45) is 5.73 Å². The first-order valence-corrected chi connectivity index (χ1v) is 8.80. The highest BCUT2D eigenvalue weighted by molar-refractivity contribution is 7.80. The second-order valence-corrected chi connectivity index (χ2v) is 6.25. The molecular weight excluding hydrogens is 293 g/mol. The molecule has 6 heteroatoms. The third-order valence-corrected chi connectivity index (χ3v) is 3.61. The lowest BCUT2D eigenvalue weighted by Gasteiger charge is -2.03. The molecule has 0 spiro atoms. The molecule has 1 aromatic carbocycles. The van der Waals surface area contributed by atoms with E-state index < -0.39 is 7.60 Å². The van der Waals surface area contributed by atoms with Gasteiger partial charge >= 0.3 is 7.60 Å². The summed E-state index contributed by atoms with van der Waals surface area (Å²) in [5.41, 5.74) is 4.50. The van der Waals surface area contributed by atoms with E-state index in [1.807, 2.05) is 43.3 Å². The third-order valence-electron chi connectivity index (χ3n) is 2.22. The van der Waals surface area contributed by atoms with E-state index in [-0.39, 0.29) is 6.16 Å². The minimum Gasteiger partial charge on any atom is -0.333 e. The molecule has 1 aromatic rings. The normalized spacial score (nSPS) is 9.65. The molecule has 0 heterocycles. The Morgan fingerprint density at radius 2 is 1.45 bits per heavy atom. The molecule has 0 aromatic heterocycles. The fraction of sp³-hybridized carbons (Fsp3) is 0.500. The van der Waals surface area contributed by atoms with Gasteiger partial charge in [0.25, 0.3) is 0 Å². The maximum Gasteiger partial charge on any atom is 0.325 e. The first-order valence-electron chi connectivity index (χ1n) is 6.59. The van der Waals surface area contributed by atoms with Crippen molar-refractivity contribution in [3.05, 3.63) is 36.4 Å². The molecule has 1 rings (SSSR count). The first kappa shape index (κ1) is 21.7. The van der Waals surface area contributed by atoms with Gasteiger partial charge in [0.1, 0.15) is 0 Å². The summed E-state index contributed by atoms with van der Waals surface area (Å²) in [6, 6.07) is 12.0. The number of nitrogens with two attached hydrogens (primary N) is 1. The second-order valence-electron chi connectivity index (χ2n) is 3.89. The SMILES string of the molecule is CCC(=S)CCCCP(=O)(O)O.CN.c1ccccc1. The van der Waals surface area contributed by atoms with Crippen LogP contribution in [0.1, 0.15) is 32.6 Å². The van der Waals surface area contributed by atoms with Gasteiger partial charge in [-0.15, -0.1) is 0 Å². The molecule has 0 atom stereocenters. The van der Waals surface area contributed by atoms with Crippen LogP contribution in [0, 0.1) is 0 Å². The molecule has 0 unspecified atom stereocenters. The molecule has 4 nitrogen and oxygen atoms in total. The van der Waals surface area contributed by atoms with E-state index in [4.69, 9.17) is 22.0 Å². The zero-order valence-electron chi connectivity index (χ0n) is 12.2. The second kappa shape index (κ2) is 14.8. The van der Waals surface area contributed by atoms with Crippen LogP contribution < -0.4 is 5.73 Å². The van der Waals surface area contributed by atoms with Gasteiger partial charge in [0.05, 0.1) is 0 Å². The number of hydrogen-bond donors (Lipinski definition) is 3. The average molecular weight is 319 g/mol. The molecule has 116 valence electrons. The summed E-state index contributed by atoms with van der Waals surface area (Å²) in [4.78, 5) is 18.0. The van der Waals surface area contributed by atoms with E-state index in [0.717, 1.165) is 24.1 Å². The molecule has 0 aliphatic heterocycles. The molecule has 4 N–H and O–H groups in total. The maximum atomic E-state index is 10.4. The third kappa shape index (κ3) is 19.8. The Morgan fingerprint density at radius 1 is 1.05 bits per heavy atom. The monoisotopic (exact) mass is 319 g/mol. The van der Waals surface area contributed by atoms with Gasteiger partial charge in [-0.25, -0.2) is 0 Å². The van der Waals surface area contributed by atoms with Crippen molar-refractivity contribution < 1.29 is 14.4 Å². The Hall–Kier alpha value is -0.580. The van der Waals surface area contributed by atoms with Gasteiger partial charge in [-0.05, 0) is 37.6 Å². The number of rotatable bonds is 6. The molecule has 0 fully saturated rings. The van der Waals surface area contributed by atoms with Gasteiger partial charge in [0, 0.05) is 6.16 Å². The Kier molecular flexibility index (Phi) is 16.1. The molecule has 0 bridgehead atoms. The summed E-state index contributed by atoms with van der Waals surface area (Å²) >= 11 is 4.97. The Morgan fingerprint density at radius 3 is 1.75 bits per heavy atom. The lowest BCUT2D eigenvalue weighted by atomic mass is 10.2. The van der Waals surface area contributed by atoms with Crippen molar-refractivity contribution in [2.45, 2.75) is 32.6 Å². The maximum absolute atomic E-state index is 10.4. The number of benzene rings is 1. The van der Waals surface area contributed by atoms with Crippen LogP contribution >= 0.6 is 19.8 Å². The highest BCUT2D eigenvalue weighted by atomic mass is 32.1. The summed E-state index contributed by atoms with van der Waals surface area (Å²) in [5.74, 6) is 0. The average Bonchev–Trinajstić information content (AvgIpc) is 2.47. The molecular formula is C14H26NO3PS. The van der Waals surface area contributed by atoms with E-state index in [9.17, 15) is 4.57 Å². The molecule has 0 radical (unpaired) electrons. The van der Waals surface area contributed by atoms with Crippen molar-refractivity contribution in [3.8, 4) is 0 Å². The zero-order chi connectivity index (χ0) is 15.9. The van der Waals surface area contributed by atoms with Crippen LogP contribution in [-0.2, 0) is 4.57 Å². The van der Waals surface area contributed by atoms with Crippen molar-refractivity contribution in [1.29, 1.82) is 0 Å². The molecule has 0 saturated heterocycles. The van der Waals surface area contributed by atoms with Gasteiger partial charge in [0.15, 0.2) is 0 Å². The van der Waals surface area contributed by atoms with Crippen molar-refractivity contribution >= 4 is 24.7 Å². The van der Waals surface area contributed by atoms with Gasteiger partial charge in [-0.1, -0.05) is 55.5 Å². The molecule has 0 saturated carbocycles. The highest BCUT2D eigenvalue weighted by Gasteiger charge is 2.11. The summed E-state index contributed by atoms with van der Waals surface area (Å²) in [6.07, 6.45) is 3.03. The van der Waals surface area contributed by atoms with E-state index in [1.54, 1.807) is 0 Å². The largest absolute Gasteiger partial charge is 0.333 e. The molecule has 0 aliphatic rings. The highest BCUT2D eigenvalue weighted by Crippen LogP contribution is 2.35. The minimum absolute atomic E-state index is 0.0146. The van der Waals surface area contributed by atoms with Crippen LogP contribution in [0.15, 0.2) is 36.4 Å². The van der Waals surface area contributed by atoms with Crippen LogP contribution in [0.4, 0.5) is 0 Å². The topological polar surface area (TPSA) is 83.5 Å². The quantitative estimate of drug-likeness (QED) is 0.425. The fourth-order valence-corrected chi connectivity index (χ4v) is 1.98. The number of hydrogen-bond acceptors (Lipinski definition) is 3. The summed E-state index contributed by atoms with van der Waals surface area (Å²) in [5, 5.41) is 0. The standard InChI is InChI=1S/C7H15O3PS.C6H6.CH5N/c1-2-7(12)5-3-4-6-11(8,9)10;1-2-4-6-5-3-1;1-2/h2-6H2,1H3,(H2,8,9,10);1-6H;2H2,1H3.